The first-order valence-electron chi connectivity index (χ1n) is 11.9. The van der Waals surface area contributed by atoms with Crippen molar-refractivity contribution in [2.75, 3.05) is 72.0 Å². The van der Waals surface area contributed by atoms with Crippen LogP contribution in [0.3, 0.4) is 0 Å². The van der Waals surface area contributed by atoms with E-state index in [0.29, 0.717) is 0 Å². The molecule has 2 rings (SSSR count). The van der Waals surface area contributed by atoms with E-state index in [1.807, 2.05) is 0 Å². The van der Waals surface area contributed by atoms with Crippen LogP contribution in [0.15, 0.2) is 4.99 Å². The third-order valence-corrected chi connectivity index (χ3v) is 6.26. The van der Waals surface area contributed by atoms with Crippen LogP contribution in [-0.4, -0.2) is 98.7 Å². The number of likely N-dealkylation sites (N-methyl/N-ethyl adjacent to an activating group) is 1. The van der Waals surface area contributed by atoms with E-state index < -0.39 is 0 Å². The average molecular weight is 523 g/mol. The number of nitrogens with one attached hydrogen (secondary N) is 2. The number of piperidine rings is 1. The fourth-order valence-corrected chi connectivity index (χ4v) is 4.29. The van der Waals surface area contributed by atoms with E-state index >= 15 is 0 Å². The fourth-order valence-electron chi connectivity index (χ4n) is 4.29. The van der Waals surface area contributed by atoms with Gasteiger partial charge in [-0.15, -0.1) is 24.0 Å². The zero-order valence-corrected chi connectivity index (χ0v) is 21.6. The number of halogens is 1. The van der Waals surface area contributed by atoms with Gasteiger partial charge in [0.25, 0.3) is 0 Å². The van der Waals surface area contributed by atoms with E-state index in [1.54, 1.807) is 0 Å². The van der Waals surface area contributed by atoms with Gasteiger partial charge in [0.2, 0.25) is 0 Å². The van der Waals surface area contributed by atoms with Gasteiger partial charge < -0.3 is 25.3 Å². The number of rotatable bonds is 11. The van der Waals surface area contributed by atoms with E-state index in [2.05, 4.69) is 46.1 Å². The molecule has 2 heterocycles. The van der Waals surface area contributed by atoms with E-state index in [4.69, 9.17) is 4.99 Å². The maximum absolute atomic E-state index is 4.78. The molecular formula is C22H47IN6. The Morgan fingerprint density at radius 3 is 2.34 bits per heavy atom. The summed E-state index contributed by atoms with van der Waals surface area (Å²) in [4.78, 5) is 12.6. The molecule has 1 atom stereocenters. The molecule has 2 aliphatic rings. The van der Waals surface area contributed by atoms with Crippen LogP contribution in [0.25, 0.3) is 0 Å². The average Bonchev–Trinajstić information content (AvgIpc) is 2.72. The molecule has 0 aromatic heterocycles. The van der Waals surface area contributed by atoms with Gasteiger partial charge in [0.15, 0.2) is 5.96 Å². The number of nitrogens with zero attached hydrogens (tertiary/aromatic N) is 4. The van der Waals surface area contributed by atoms with Crippen molar-refractivity contribution in [1.82, 2.24) is 25.3 Å². The van der Waals surface area contributed by atoms with Crippen LogP contribution in [0.5, 0.6) is 0 Å². The van der Waals surface area contributed by atoms with Crippen molar-refractivity contribution < 1.29 is 0 Å². The number of hydrogen-bond acceptors (Lipinski definition) is 4. The molecule has 0 spiro atoms. The SMILES string of the molecule is CCNC(=NCCCN1CCCCC1C)NCCCCN1CCN(CC)CC1.I. The molecule has 0 aliphatic carbocycles. The molecule has 29 heavy (non-hydrogen) atoms. The van der Waals surface area contributed by atoms with Gasteiger partial charge in [-0.05, 0) is 65.6 Å². The predicted molar refractivity (Wildman–Crippen MR) is 137 cm³/mol. The second kappa shape index (κ2) is 16.6. The summed E-state index contributed by atoms with van der Waals surface area (Å²) < 4.78 is 0. The summed E-state index contributed by atoms with van der Waals surface area (Å²) in [7, 11) is 0. The fraction of sp³-hybridized carbons (Fsp3) is 0.955. The van der Waals surface area contributed by atoms with Crippen LogP contribution in [0.2, 0.25) is 0 Å². The first-order valence-corrected chi connectivity index (χ1v) is 11.9. The molecule has 0 aromatic carbocycles. The molecule has 2 fully saturated rings. The summed E-state index contributed by atoms with van der Waals surface area (Å²) >= 11 is 0. The minimum Gasteiger partial charge on any atom is -0.357 e. The van der Waals surface area contributed by atoms with Crippen molar-refractivity contribution in [2.45, 2.75) is 65.3 Å². The Morgan fingerprint density at radius 1 is 0.897 bits per heavy atom. The van der Waals surface area contributed by atoms with Gasteiger partial charge in [0.05, 0.1) is 0 Å². The largest absolute Gasteiger partial charge is 0.357 e. The molecule has 0 saturated carbocycles. The molecule has 2 N–H and O–H groups in total. The molecule has 2 saturated heterocycles. The Kier molecular flexibility index (Phi) is 15.4. The maximum Gasteiger partial charge on any atom is 0.191 e. The monoisotopic (exact) mass is 522 g/mol. The number of piperazine rings is 1. The van der Waals surface area contributed by atoms with E-state index in [-0.39, 0.29) is 24.0 Å². The highest BCUT2D eigenvalue weighted by Crippen LogP contribution is 2.16. The molecule has 0 bridgehead atoms. The van der Waals surface area contributed by atoms with Crippen LogP contribution in [-0.2, 0) is 0 Å². The van der Waals surface area contributed by atoms with Crippen LogP contribution >= 0.6 is 24.0 Å². The Bertz CT molecular complexity index is 426. The van der Waals surface area contributed by atoms with Crippen molar-refractivity contribution >= 4 is 29.9 Å². The molecule has 0 aromatic rings. The first-order chi connectivity index (χ1) is 13.7. The zero-order valence-electron chi connectivity index (χ0n) is 19.3. The summed E-state index contributed by atoms with van der Waals surface area (Å²) in [6, 6.07) is 0.758. The Hall–Kier alpha value is -0.120. The Balaban J connectivity index is 0.00000420. The number of guanidine groups is 1. The molecule has 0 radical (unpaired) electrons. The van der Waals surface area contributed by atoms with E-state index in [9.17, 15) is 0 Å². The van der Waals surface area contributed by atoms with Crippen molar-refractivity contribution in [3.8, 4) is 0 Å². The lowest BCUT2D eigenvalue weighted by Crippen LogP contribution is -2.46. The molecular weight excluding hydrogens is 475 g/mol. The quantitative estimate of drug-likeness (QED) is 0.189. The van der Waals surface area contributed by atoms with Crippen molar-refractivity contribution in [1.29, 1.82) is 0 Å². The number of hydrogen-bond donors (Lipinski definition) is 2. The van der Waals surface area contributed by atoms with Crippen molar-refractivity contribution in [3.63, 3.8) is 0 Å². The lowest BCUT2D eigenvalue weighted by molar-refractivity contribution is 0.136. The van der Waals surface area contributed by atoms with Gasteiger partial charge in [-0.1, -0.05) is 13.3 Å². The number of aliphatic imine (C=N–C) groups is 1. The topological polar surface area (TPSA) is 46.1 Å². The van der Waals surface area contributed by atoms with Gasteiger partial charge in [0, 0.05) is 58.4 Å². The lowest BCUT2D eigenvalue weighted by atomic mass is 10.0. The van der Waals surface area contributed by atoms with E-state index in [1.165, 1.54) is 84.5 Å². The highest BCUT2D eigenvalue weighted by Gasteiger charge is 2.17. The summed E-state index contributed by atoms with van der Waals surface area (Å²) in [6.07, 6.45) is 7.77. The van der Waals surface area contributed by atoms with Crippen LogP contribution in [0, 0.1) is 0 Å². The summed E-state index contributed by atoms with van der Waals surface area (Å²) in [5.74, 6) is 0.991. The smallest absolute Gasteiger partial charge is 0.191 e. The molecule has 7 heteroatoms. The lowest BCUT2D eigenvalue weighted by Gasteiger charge is -2.34. The highest BCUT2D eigenvalue weighted by atomic mass is 127. The third-order valence-electron chi connectivity index (χ3n) is 6.26. The summed E-state index contributed by atoms with van der Waals surface area (Å²) in [5.41, 5.74) is 0. The Morgan fingerprint density at radius 2 is 1.66 bits per heavy atom. The first kappa shape index (κ1) is 26.9. The minimum atomic E-state index is 0. The number of unbranched alkanes of at least 4 members (excludes halogenated alkanes) is 1. The highest BCUT2D eigenvalue weighted by molar-refractivity contribution is 14.0. The van der Waals surface area contributed by atoms with Gasteiger partial charge in [-0.3, -0.25) is 4.99 Å². The molecule has 2 aliphatic heterocycles. The van der Waals surface area contributed by atoms with Crippen LogP contribution < -0.4 is 10.6 Å². The maximum atomic E-state index is 4.78. The molecule has 1 unspecified atom stereocenters. The summed E-state index contributed by atoms with van der Waals surface area (Å²) in [5, 5.41) is 6.91. The number of likely N-dealkylation sites (tertiary alicyclic amines) is 1. The molecule has 6 nitrogen and oxygen atoms in total. The minimum absolute atomic E-state index is 0. The van der Waals surface area contributed by atoms with Crippen molar-refractivity contribution in [3.05, 3.63) is 0 Å². The van der Waals surface area contributed by atoms with Crippen molar-refractivity contribution in [2.24, 2.45) is 4.99 Å². The standard InChI is InChI=1S/C22H46N6.HI/c1-4-23-22(25-13-10-16-28-15-8-6-11-21(28)3)24-12-7-9-14-27-19-17-26(5-2)18-20-27;/h21H,4-20H2,1-3H3,(H2,23,24,25);1H. The third kappa shape index (κ3) is 11.2. The van der Waals surface area contributed by atoms with Gasteiger partial charge >= 0.3 is 0 Å². The predicted octanol–water partition coefficient (Wildman–Crippen LogP) is 2.84. The van der Waals surface area contributed by atoms with E-state index in [0.717, 1.165) is 38.1 Å². The van der Waals surface area contributed by atoms with Crippen LogP contribution in [0.4, 0.5) is 0 Å². The second-order valence-electron chi connectivity index (χ2n) is 8.40. The summed E-state index contributed by atoms with van der Waals surface area (Å²) in [6.45, 7) is 19.5. The van der Waals surface area contributed by atoms with Gasteiger partial charge in [-0.2, -0.15) is 0 Å². The molecule has 0 amide bonds. The van der Waals surface area contributed by atoms with Crippen LogP contribution in [0.1, 0.15) is 59.3 Å². The second-order valence-corrected chi connectivity index (χ2v) is 8.40. The normalized spacial score (nSPS) is 22.3. The molecule has 172 valence electrons. The zero-order chi connectivity index (χ0) is 20.0. The Labute approximate surface area is 197 Å². The van der Waals surface area contributed by atoms with Gasteiger partial charge in [0.1, 0.15) is 0 Å². The van der Waals surface area contributed by atoms with Gasteiger partial charge in [-0.25, -0.2) is 0 Å².